The van der Waals surface area contributed by atoms with Crippen LogP contribution in [0.1, 0.15) is 25.0 Å². The van der Waals surface area contributed by atoms with Crippen LogP contribution in [0.3, 0.4) is 0 Å². The molecule has 106 valence electrons. The molecule has 0 saturated carbocycles. The lowest BCUT2D eigenvalue weighted by Crippen LogP contribution is -2.43. The van der Waals surface area contributed by atoms with Crippen molar-refractivity contribution in [1.29, 1.82) is 0 Å². The van der Waals surface area contributed by atoms with Crippen LogP contribution in [0.15, 0.2) is 24.3 Å². The first-order chi connectivity index (χ1) is 8.84. The van der Waals surface area contributed by atoms with Gasteiger partial charge in [0.2, 0.25) is 10.0 Å². The molecule has 0 saturated heterocycles. The molecule has 0 aromatic heterocycles. The molecule has 0 heterocycles. The van der Waals surface area contributed by atoms with Crippen LogP contribution in [0, 0.1) is 0 Å². The zero-order valence-corrected chi connectivity index (χ0v) is 12.5. The monoisotopic (exact) mass is 283 g/mol. The molecule has 0 spiro atoms. The van der Waals surface area contributed by atoms with Crippen molar-refractivity contribution in [2.24, 2.45) is 0 Å². The molecule has 0 radical (unpaired) electrons. The number of rotatable bonds is 5. The van der Waals surface area contributed by atoms with Crippen molar-refractivity contribution in [1.82, 2.24) is 4.72 Å². The third kappa shape index (κ3) is 3.35. The maximum absolute atomic E-state index is 12.3. The number of ether oxygens (including phenoxy) is 1. The minimum Gasteiger partial charge on any atom is -0.377 e. The van der Waals surface area contributed by atoms with Crippen LogP contribution in [-0.2, 0) is 27.6 Å². The molecule has 0 fully saturated rings. The van der Waals surface area contributed by atoms with E-state index in [9.17, 15) is 8.42 Å². The largest absolute Gasteiger partial charge is 0.377 e. The number of hydrogen-bond acceptors (Lipinski definition) is 3. The summed E-state index contributed by atoms with van der Waals surface area (Å²) < 4.78 is 32.5. The van der Waals surface area contributed by atoms with Crippen molar-refractivity contribution in [3.8, 4) is 0 Å². The lowest BCUT2D eigenvalue weighted by atomic mass is 10.1. The Labute approximate surface area is 115 Å². The number of benzene rings is 1. The molecular weight excluding hydrogens is 262 g/mol. The number of sulfonamides is 1. The van der Waals surface area contributed by atoms with E-state index >= 15 is 0 Å². The van der Waals surface area contributed by atoms with Gasteiger partial charge in [0.15, 0.2) is 0 Å². The maximum atomic E-state index is 12.3. The maximum Gasteiger partial charge on any atom is 0.215 e. The fraction of sp³-hybridized carbons (Fsp3) is 0.571. The van der Waals surface area contributed by atoms with Gasteiger partial charge in [-0.15, -0.1) is 0 Å². The van der Waals surface area contributed by atoms with Crippen molar-refractivity contribution in [3.05, 3.63) is 35.4 Å². The van der Waals surface area contributed by atoms with Gasteiger partial charge < -0.3 is 4.74 Å². The second-order valence-electron chi connectivity index (χ2n) is 5.63. The predicted octanol–water partition coefficient (Wildman–Crippen LogP) is 1.50. The zero-order valence-electron chi connectivity index (χ0n) is 11.6. The summed E-state index contributed by atoms with van der Waals surface area (Å²) in [6.45, 7) is 4.01. The van der Waals surface area contributed by atoms with Gasteiger partial charge in [0.25, 0.3) is 0 Å². The number of hydrogen-bond donors (Lipinski definition) is 1. The third-order valence-electron chi connectivity index (χ3n) is 3.70. The van der Waals surface area contributed by atoms with E-state index in [1.807, 2.05) is 38.1 Å². The van der Waals surface area contributed by atoms with E-state index in [0.29, 0.717) is 19.4 Å². The Morgan fingerprint density at radius 1 is 1.26 bits per heavy atom. The minimum atomic E-state index is -3.30. The Balaban J connectivity index is 2.03. The van der Waals surface area contributed by atoms with E-state index in [1.165, 1.54) is 0 Å². The molecule has 0 amide bonds. The summed E-state index contributed by atoms with van der Waals surface area (Å²) in [6.07, 6.45) is 1.19. The third-order valence-corrected chi connectivity index (χ3v) is 5.46. The highest BCUT2D eigenvalue weighted by Crippen LogP contribution is 2.26. The Kier molecular flexibility index (Phi) is 3.99. The van der Waals surface area contributed by atoms with Crippen LogP contribution in [-0.4, -0.2) is 32.9 Å². The van der Waals surface area contributed by atoms with Crippen molar-refractivity contribution in [2.75, 3.05) is 13.7 Å². The van der Waals surface area contributed by atoms with Crippen molar-refractivity contribution >= 4 is 10.0 Å². The highest BCUT2D eigenvalue weighted by Gasteiger charge is 2.33. The molecule has 0 unspecified atom stereocenters. The summed E-state index contributed by atoms with van der Waals surface area (Å²) in [7, 11) is -1.72. The first-order valence-electron chi connectivity index (χ1n) is 6.44. The van der Waals surface area contributed by atoms with Gasteiger partial charge in [-0.1, -0.05) is 24.3 Å². The minimum absolute atomic E-state index is 0.290. The van der Waals surface area contributed by atoms with Gasteiger partial charge in [0, 0.05) is 13.7 Å². The molecule has 2 rings (SSSR count). The molecule has 19 heavy (non-hydrogen) atoms. The van der Waals surface area contributed by atoms with Gasteiger partial charge in [-0.05, 0) is 37.8 Å². The topological polar surface area (TPSA) is 55.4 Å². The van der Waals surface area contributed by atoms with E-state index in [4.69, 9.17) is 4.74 Å². The van der Waals surface area contributed by atoms with E-state index < -0.39 is 15.6 Å². The summed E-state index contributed by atoms with van der Waals surface area (Å²) in [5, 5.41) is -0.363. The lowest BCUT2D eigenvalue weighted by molar-refractivity contribution is 0.0276. The van der Waals surface area contributed by atoms with E-state index in [2.05, 4.69) is 4.72 Å². The number of nitrogens with one attached hydrogen (secondary N) is 1. The highest BCUT2D eigenvalue weighted by atomic mass is 32.2. The molecule has 0 atom stereocenters. The lowest BCUT2D eigenvalue weighted by Gasteiger charge is -2.24. The van der Waals surface area contributed by atoms with Gasteiger partial charge in [-0.25, -0.2) is 13.1 Å². The summed E-state index contributed by atoms with van der Waals surface area (Å²) in [5.74, 6) is 0. The zero-order chi connectivity index (χ0) is 14.1. The molecule has 1 aromatic rings. The van der Waals surface area contributed by atoms with Crippen LogP contribution in [0.2, 0.25) is 0 Å². The summed E-state index contributed by atoms with van der Waals surface area (Å²) in [4.78, 5) is 0. The van der Waals surface area contributed by atoms with Crippen LogP contribution in [0.4, 0.5) is 0 Å². The normalized spacial score (nSPS) is 16.6. The molecule has 1 aliphatic rings. The van der Waals surface area contributed by atoms with E-state index in [0.717, 1.165) is 11.1 Å². The number of fused-ring (bicyclic) bond motifs is 1. The Morgan fingerprint density at radius 2 is 1.79 bits per heavy atom. The van der Waals surface area contributed by atoms with Gasteiger partial charge in [0.1, 0.15) is 0 Å². The summed E-state index contributed by atoms with van der Waals surface area (Å²) >= 11 is 0. The molecular formula is C14H21NO3S. The standard InChI is InChI=1S/C14H21NO3S/c1-14(2,18-3)10-15-19(16,17)13-8-11-6-4-5-7-12(11)9-13/h4-7,13,15H,8-10H2,1-3H3. The Bertz CT molecular complexity index is 527. The van der Waals surface area contributed by atoms with Crippen LogP contribution in [0.25, 0.3) is 0 Å². The molecule has 1 N–H and O–H groups in total. The second kappa shape index (κ2) is 5.23. The van der Waals surface area contributed by atoms with E-state index in [-0.39, 0.29) is 5.25 Å². The molecule has 0 bridgehead atoms. The molecule has 1 aliphatic carbocycles. The van der Waals surface area contributed by atoms with Gasteiger partial charge >= 0.3 is 0 Å². The van der Waals surface area contributed by atoms with Crippen LogP contribution < -0.4 is 4.72 Å². The van der Waals surface area contributed by atoms with Crippen molar-refractivity contribution < 1.29 is 13.2 Å². The summed E-state index contributed by atoms with van der Waals surface area (Å²) in [6, 6.07) is 7.92. The molecule has 1 aromatic carbocycles. The fourth-order valence-electron chi connectivity index (χ4n) is 2.20. The van der Waals surface area contributed by atoms with Gasteiger partial charge in [0.05, 0.1) is 10.9 Å². The average molecular weight is 283 g/mol. The smallest absolute Gasteiger partial charge is 0.215 e. The highest BCUT2D eigenvalue weighted by molar-refractivity contribution is 7.90. The van der Waals surface area contributed by atoms with Crippen LogP contribution in [0.5, 0.6) is 0 Å². The van der Waals surface area contributed by atoms with Gasteiger partial charge in [-0.2, -0.15) is 0 Å². The second-order valence-corrected chi connectivity index (χ2v) is 7.67. The first kappa shape index (κ1) is 14.5. The average Bonchev–Trinajstić information content (AvgIpc) is 2.81. The molecule has 4 nitrogen and oxygen atoms in total. The predicted molar refractivity (Wildman–Crippen MR) is 75.6 cm³/mol. The fourth-order valence-corrected chi connectivity index (χ4v) is 3.78. The van der Waals surface area contributed by atoms with Crippen molar-refractivity contribution in [2.45, 2.75) is 37.5 Å². The van der Waals surface area contributed by atoms with Crippen LogP contribution >= 0.6 is 0 Å². The Hall–Kier alpha value is -0.910. The molecule has 5 heteroatoms. The van der Waals surface area contributed by atoms with Gasteiger partial charge in [-0.3, -0.25) is 0 Å². The van der Waals surface area contributed by atoms with E-state index in [1.54, 1.807) is 7.11 Å². The number of methoxy groups -OCH3 is 1. The summed E-state index contributed by atoms with van der Waals surface area (Å²) in [5.41, 5.74) is 1.80. The van der Waals surface area contributed by atoms with Crippen molar-refractivity contribution in [3.63, 3.8) is 0 Å². The molecule has 0 aliphatic heterocycles. The quantitative estimate of drug-likeness (QED) is 0.891. The first-order valence-corrected chi connectivity index (χ1v) is 7.99. The SMILES string of the molecule is COC(C)(C)CNS(=O)(=O)C1Cc2ccccc2C1. The Morgan fingerprint density at radius 3 is 2.26 bits per heavy atom.